The smallest absolute Gasteiger partial charge is 0.407 e. The molecule has 8 heterocycles. The van der Waals surface area contributed by atoms with Crippen LogP contribution in [0.15, 0.2) is 88.9 Å². The van der Waals surface area contributed by atoms with Crippen molar-refractivity contribution in [3.8, 4) is 11.3 Å². The van der Waals surface area contributed by atoms with Crippen LogP contribution in [0.4, 0.5) is 22.6 Å². The zero-order valence-electron chi connectivity index (χ0n) is 72.6. The third-order valence-electron chi connectivity index (χ3n) is 24.2. The van der Waals surface area contributed by atoms with Gasteiger partial charge in [-0.15, -0.1) is 0 Å². The minimum Gasteiger partial charge on any atom is -0.460 e. The van der Waals surface area contributed by atoms with Crippen molar-refractivity contribution in [3.63, 3.8) is 0 Å². The number of cyclic esters (lactones) is 1. The van der Waals surface area contributed by atoms with Gasteiger partial charge in [0.2, 0.25) is 17.6 Å². The molecule has 1 aromatic carbocycles. The highest BCUT2D eigenvalue weighted by Crippen LogP contribution is 2.40. The molecule has 10 rings (SSSR count). The van der Waals surface area contributed by atoms with Gasteiger partial charge in [-0.05, 0) is 138 Å². The summed E-state index contributed by atoms with van der Waals surface area (Å²) in [6, 6.07) is 4.42. The Kier molecular flexibility index (Phi) is 37.0. The average Bonchev–Trinajstić information content (AvgIpc) is 1.48. The average molecular weight is 1700 g/mol. The number of anilines is 3. The number of ketones is 2. The monoisotopic (exact) mass is 1700 g/mol. The van der Waals surface area contributed by atoms with Crippen molar-refractivity contribution in [1.29, 1.82) is 0 Å². The first kappa shape index (κ1) is 95.5. The number of aromatic nitrogens is 7. The number of oxazole rings is 1. The highest BCUT2D eigenvalue weighted by molar-refractivity contribution is 6.39. The zero-order valence-corrected chi connectivity index (χ0v) is 72.6. The van der Waals surface area contributed by atoms with Gasteiger partial charge in [0.05, 0.1) is 82.7 Å². The van der Waals surface area contributed by atoms with Crippen molar-refractivity contribution in [2.45, 2.75) is 219 Å². The number of piperidine rings is 1. The van der Waals surface area contributed by atoms with Crippen LogP contribution >= 0.6 is 0 Å². The number of Topliss-reactive ketones (excluding diaryl/α,β-unsaturated/α-hetero) is 2. The van der Waals surface area contributed by atoms with E-state index in [4.69, 9.17) is 68.4 Å². The SMILES string of the molecule is CO[C@H]1C[C@@H]2CC[C@@H](C)[C@@](O)(O2)C(=O)C(=O)N2CCCC[C@H]2C(=O)O[C@H]([C@H](C)C[C@@H]2CC[C@@H](OC(=O)NCc3cnc(N4CCN(CCOCCOCCOCCOCCC(=O)NCCCCn5nc(-c6ccc7oc(N)nc7c6)c6c(N)ncnc65)CC4)nc3)[C@H](OC)C2)C[C@@H](OC)[C@H](C)/C=C(\C)[C@@H](O)[C@@H](O)C(=O)[C@H](C)C[C@H](C)/C=C/C=CC=C1C. The summed E-state index contributed by atoms with van der Waals surface area (Å²) in [5.74, 6) is -7.12. The van der Waals surface area contributed by atoms with Crippen molar-refractivity contribution in [3.05, 3.63) is 90.1 Å². The number of ether oxygens (including phenoxy) is 10. The lowest BCUT2D eigenvalue weighted by atomic mass is 9.78. The maximum absolute atomic E-state index is 14.9. The number of allylic oxidation sites excluding steroid dienone is 5. The van der Waals surface area contributed by atoms with E-state index in [1.807, 2.05) is 70.2 Å². The third kappa shape index (κ3) is 26.9. The lowest BCUT2D eigenvalue weighted by molar-refractivity contribution is -0.265. The molecule has 5 aliphatic rings. The molecular weight excluding hydrogens is 1570 g/mol. The van der Waals surface area contributed by atoms with E-state index in [0.29, 0.717) is 174 Å². The van der Waals surface area contributed by atoms with Crippen molar-refractivity contribution in [2.75, 3.05) is 136 Å². The van der Waals surface area contributed by atoms with Gasteiger partial charge in [0.1, 0.15) is 53.8 Å². The number of esters is 1. The lowest BCUT2D eigenvalue weighted by Crippen LogP contribution is -2.61. The number of hydrogen-bond acceptors (Lipinski definition) is 30. The number of nitrogens with zero attached hydrogens (tertiary/aromatic N) is 10. The Hall–Kier alpha value is -8.78. The number of aliphatic hydroxyl groups excluding tert-OH is 2. The first-order chi connectivity index (χ1) is 58.7. The minimum atomic E-state index is -2.47. The Balaban J connectivity index is 0.610. The summed E-state index contributed by atoms with van der Waals surface area (Å²) < 4.78 is 66.9. The molecule has 1 saturated carbocycles. The molecule has 672 valence electrons. The topological polar surface area (TPSA) is 437 Å². The number of nitrogen functional groups attached to an aromatic ring is 2. The maximum Gasteiger partial charge on any atom is 0.407 e. The number of amides is 3. The van der Waals surface area contributed by atoms with Crippen LogP contribution in [-0.2, 0) is 84.4 Å². The zero-order chi connectivity index (χ0) is 87.4. The van der Waals surface area contributed by atoms with Crippen LogP contribution in [0.3, 0.4) is 0 Å². The van der Waals surface area contributed by atoms with Crippen LogP contribution in [-0.4, -0.2) is 276 Å². The van der Waals surface area contributed by atoms with Crippen molar-refractivity contribution in [2.24, 2.45) is 35.5 Å². The summed E-state index contributed by atoms with van der Waals surface area (Å²) in [6.07, 6.45) is 15.6. The number of benzene rings is 1. The molecule has 4 aliphatic heterocycles. The second-order valence-electron chi connectivity index (χ2n) is 33.3. The van der Waals surface area contributed by atoms with Crippen LogP contribution < -0.4 is 27.0 Å². The normalized spacial score (nSPS) is 27.8. The lowest BCUT2D eigenvalue weighted by Gasteiger charge is -2.43. The number of piperazine rings is 1. The van der Waals surface area contributed by atoms with Crippen LogP contribution in [0.2, 0.25) is 0 Å². The number of fused-ring (bicyclic) bond motifs is 5. The fourth-order valence-electron chi connectivity index (χ4n) is 16.9. The van der Waals surface area contributed by atoms with Crippen molar-refractivity contribution < 1.29 is 95.9 Å². The summed E-state index contributed by atoms with van der Waals surface area (Å²) in [6.45, 7) is 21.2. The summed E-state index contributed by atoms with van der Waals surface area (Å²) in [7, 11) is 4.69. The minimum absolute atomic E-state index is 0.0245. The van der Waals surface area contributed by atoms with Gasteiger partial charge in [0.25, 0.3) is 17.7 Å². The molecule has 3 saturated heterocycles. The maximum atomic E-state index is 14.9. The Morgan fingerprint density at radius 2 is 1.45 bits per heavy atom. The molecule has 9 N–H and O–H groups in total. The Morgan fingerprint density at radius 1 is 0.730 bits per heavy atom. The number of aryl methyl sites for hydroxylation is 1. The summed E-state index contributed by atoms with van der Waals surface area (Å²) in [5, 5.41) is 46.3. The van der Waals surface area contributed by atoms with Gasteiger partial charge >= 0.3 is 12.1 Å². The van der Waals surface area contributed by atoms with Gasteiger partial charge in [0, 0.05) is 141 Å². The number of carbonyl (C=O) groups is 6. The number of alkyl carbamates (subject to hydrolysis) is 1. The van der Waals surface area contributed by atoms with E-state index in [9.17, 15) is 44.1 Å². The first-order valence-corrected chi connectivity index (χ1v) is 43.3. The van der Waals surface area contributed by atoms with E-state index in [0.717, 1.165) is 56.7 Å². The summed E-state index contributed by atoms with van der Waals surface area (Å²) >= 11 is 0. The van der Waals surface area contributed by atoms with Gasteiger partial charge in [-0.1, -0.05) is 71.1 Å². The predicted molar refractivity (Wildman–Crippen MR) is 455 cm³/mol. The highest BCUT2D eigenvalue weighted by Gasteiger charge is 2.53. The fourth-order valence-corrected chi connectivity index (χ4v) is 16.9. The van der Waals surface area contributed by atoms with Crippen molar-refractivity contribution >= 4 is 75.4 Å². The summed E-state index contributed by atoms with van der Waals surface area (Å²) in [5.41, 5.74) is 17.1. The number of nitrogens with two attached hydrogens (primary N) is 2. The molecule has 34 nitrogen and oxygen atoms in total. The fraction of sp³-hybridized carbons (Fsp3) is 0.659. The molecule has 5 aromatic rings. The Labute approximate surface area is 714 Å². The molecule has 0 spiro atoms. The van der Waals surface area contributed by atoms with E-state index in [-0.39, 0.29) is 68.6 Å². The molecule has 16 atom stereocenters. The third-order valence-corrected chi connectivity index (χ3v) is 24.2. The van der Waals surface area contributed by atoms with E-state index in [2.05, 4.69) is 45.4 Å². The van der Waals surface area contributed by atoms with Crippen LogP contribution in [0.5, 0.6) is 0 Å². The number of rotatable bonds is 31. The second-order valence-corrected chi connectivity index (χ2v) is 33.3. The number of unbranched alkanes of at least 4 members (excludes halogenated alkanes) is 1. The molecule has 1 aliphatic carbocycles. The van der Waals surface area contributed by atoms with Gasteiger partial charge in [0.15, 0.2) is 17.0 Å². The molecular formula is C88H130N14O20. The van der Waals surface area contributed by atoms with Gasteiger partial charge in [-0.3, -0.25) is 24.1 Å². The Morgan fingerprint density at radius 3 is 2.17 bits per heavy atom. The standard InChI is InChI=1S/C88H130N14O20/c1-55-18-12-11-13-19-56(2)70(112-8)49-65-24-21-61(7)88(111,122-65)80(107)83(108)101-29-16-14-20-67(101)84(109)119-72(50-71(113-9)57(3)45-60(6)78(105)79(106)77(104)59(5)44-55)58(4)46-62-22-25-69(73(47-62)114-10)121-87(110)94-53-63-51-92-86(93-52-63)100-33-31-99(32-34-100)35-37-116-39-41-118-43-42-117-40-38-115-36-27-74(103)91-28-15-17-30-102-82-75(81(89)95-54-96-82)76(98-102)64-23-26-68-66(48-64)97-85(90)120-68/h11-13,18-19,23,26,45,48,51-52,54-55,57-59,61-62,65,67,69-73,78-79,105-106,111H,14-17,20-22,24-25,27-44,46-47,49-50,53H2,1-10H3,(H2,90,97)(H,91,103)(H,94,110)(H2,89,95,96)/b13-11?,18-12+,56-19?,60-45+/t55-,57-,58-,59-,61-,62+,65+,67+,69-,70+,71-,72+,73-,78-,79+,88-/m1/s1. The molecule has 2 bridgehead atoms. The molecule has 34 heteroatoms. The Bertz CT molecular complexity index is 4320. The van der Waals surface area contributed by atoms with Crippen LogP contribution in [0.1, 0.15) is 150 Å². The number of hydrogen-bond donors (Lipinski definition) is 7. The number of aliphatic hydroxyl groups is 3. The largest absolute Gasteiger partial charge is 0.460 e. The highest BCUT2D eigenvalue weighted by atomic mass is 16.6. The molecule has 3 amide bonds. The second kappa shape index (κ2) is 47.4. The van der Waals surface area contributed by atoms with E-state index >= 15 is 0 Å². The molecule has 4 fully saturated rings. The first-order valence-electron chi connectivity index (χ1n) is 43.3. The van der Waals surface area contributed by atoms with E-state index in [1.165, 1.54) is 18.3 Å². The van der Waals surface area contributed by atoms with Gasteiger partial charge in [-0.2, -0.15) is 10.1 Å². The van der Waals surface area contributed by atoms with Crippen molar-refractivity contribution in [1.82, 2.24) is 55.1 Å². The summed E-state index contributed by atoms with van der Waals surface area (Å²) in [4.78, 5) is 112. The van der Waals surface area contributed by atoms with Crippen LogP contribution in [0, 0.1) is 35.5 Å². The number of carbonyl (C=O) groups excluding carboxylic acids is 6. The quantitative estimate of drug-likeness (QED) is 0.00956. The van der Waals surface area contributed by atoms with Crippen LogP contribution in [0.25, 0.3) is 33.4 Å². The predicted octanol–water partition coefficient (Wildman–Crippen LogP) is 7.98. The number of methoxy groups -OCH3 is 3. The molecule has 122 heavy (non-hydrogen) atoms. The molecule has 0 unspecified atom stereocenters. The van der Waals surface area contributed by atoms with E-state index in [1.54, 1.807) is 64.2 Å². The van der Waals surface area contributed by atoms with Gasteiger partial charge < -0.3 is 99.0 Å². The van der Waals surface area contributed by atoms with Gasteiger partial charge in [-0.25, -0.2) is 34.2 Å². The van der Waals surface area contributed by atoms with E-state index < -0.39 is 108 Å². The number of nitrogens with one attached hydrogen (secondary N) is 2. The molecule has 0 radical (unpaired) electrons. The molecule has 4 aromatic heterocycles.